The molecule has 1 saturated carbocycles. The highest BCUT2D eigenvalue weighted by atomic mass is 35.5. The average molecular weight is 456 g/mol. The first kappa shape index (κ1) is 19.3. The van der Waals surface area contributed by atoms with Crippen LogP contribution in [0, 0.1) is 11.8 Å². The van der Waals surface area contributed by atoms with E-state index in [2.05, 4.69) is 0 Å². The molecule has 1 heterocycles. The fourth-order valence-corrected chi connectivity index (χ4v) is 6.53. The lowest BCUT2D eigenvalue weighted by Crippen LogP contribution is -2.50. The number of amides is 2. The summed E-state index contributed by atoms with van der Waals surface area (Å²) in [5, 5.41) is 0.476. The Kier molecular flexibility index (Phi) is 4.88. The zero-order valence-corrected chi connectivity index (χ0v) is 17.0. The van der Waals surface area contributed by atoms with Crippen LogP contribution in [0.4, 0.5) is 0 Å². The smallest absolute Gasteiger partial charge is 0.259 e. The predicted octanol–water partition coefficient (Wildman–Crippen LogP) is 4.55. The molecule has 0 spiro atoms. The van der Waals surface area contributed by atoms with Crippen molar-refractivity contribution < 1.29 is 14.4 Å². The fourth-order valence-electron chi connectivity index (χ4n) is 3.60. The molecule has 2 aliphatic carbocycles. The largest absolute Gasteiger partial charge is 0.272 e. The van der Waals surface area contributed by atoms with Crippen molar-refractivity contribution in [1.29, 1.82) is 0 Å². The summed E-state index contributed by atoms with van der Waals surface area (Å²) in [5.74, 6) is -3.60. The van der Waals surface area contributed by atoms with E-state index in [-0.39, 0.29) is 16.7 Å². The molecule has 0 aromatic rings. The molecule has 2 bridgehead atoms. The van der Waals surface area contributed by atoms with Crippen molar-refractivity contribution in [1.82, 2.24) is 5.06 Å². The van der Waals surface area contributed by atoms with Crippen molar-refractivity contribution in [3.05, 3.63) is 10.1 Å². The molecule has 1 aliphatic heterocycles. The lowest BCUT2D eigenvalue weighted by molar-refractivity contribution is -0.190. The number of hydrogen-bond acceptors (Lipinski definition) is 3. The van der Waals surface area contributed by atoms with Crippen molar-refractivity contribution in [3.8, 4) is 0 Å². The lowest BCUT2D eigenvalue weighted by atomic mass is 9.84. The van der Waals surface area contributed by atoms with Crippen molar-refractivity contribution in [2.75, 3.05) is 6.61 Å². The van der Waals surface area contributed by atoms with Crippen molar-refractivity contribution in [2.45, 2.75) is 40.3 Å². The number of rotatable bonds is 5. The Bertz CT molecular complexity index is 606. The first-order valence-electron chi connectivity index (χ1n) is 7.41. The van der Waals surface area contributed by atoms with E-state index in [0.29, 0.717) is 11.5 Å². The van der Waals surface area contributed by atoms with Gasteiger partial charge in [-0.25, -0.2) is 0 Å². The van der Waals surface area contributed by atoms with Gasteiger partial charge in [0.1, 0.15) is 9.75 Å². The van der Waals surface area contributed by atoms with Crippen molar-refractivity contribution in [2.24, 2.45) is 11.8 Å². The van der Waals surface area contributed by atoms with E-state index in [4.69, 9.17) is 74.4 Å². The summed E-state index contributed by atoms with van der Waals surface area (Å²) in [7, 11) is 0. The molecule has 1 saturated heterocycles. The Morgan fingerprint density at radius 1 is 0.958 bits per heavy atom. The molecule has 0 N–H and O–H groups in total. The van der Waals surface area contributed by atoms with E-state index in [0.717, 1.165) is 12.8 Å². The Morgan fingerprint density at radius 3 is 1.83 bits per heavy atom. The first-order chi connectivity index (χ1) is 11.1. The molecule has 0 aromatic carbocycles. The predicted molar refractivity (Wildman–Crippen MR) is 94.6 cm³/mol. The van der Waals surface area contributed by atoms with Gasteiger partial charge in [0.2, 0.25) is 0 Å². The molecule has 24 heavy (non-hydrogen) atoms. The third kappa shape index (κ3) is 2.00. The summed E-state index contributed by atoms with van der Waals surface area (Å²) in [6.45, 7) is 2.25. The van der Waals surface area contributed by atoms with Gasteiger partial charge in [-0.05, 0) is 6.42 Å². The summed E-state index contributed by atoms with van der Waals surface area (Å²) >= 11 is 38.2. The summed E-state index contributed by atoms with van der Waals surface area (Å²) in [6.07, 6.45) is 2.59. The standard InChI is InChI=1S/C14H13Cl6NO3/c1-2-3-4-5-24-21-10(22)6-7(11(21)23)13(18)9(16)8(15)12(6,17)14(13,19)20/h6-7H,2-5H2,1H3/t6-,7-,12+,13+/m0/s1. The molecule has 2 amide bonds. The summed E-state index contributed by atoms with van der Waals surface area (Å²) in [6, 6.07) is 0. The number of imide groups is 1. The average Bonchev–Trinajstić information content (AvgIpc) is 2.90. The van der Waals surface area contributed by atoms with Crippen LogP contribution >= 0.6 is 69.6 Å². The van der Waals surface area contributed by atoms with E-state index < -0.39 is 37.7 Å². The monoisotopic (exact) mass is 453 g/mol. The molecule has 134 valence electrons. The molecule has 4 nitrogen and oxygen atoms in total. The SMILES string of the molecule is CCCCCON1C(=O)[C@@H]2[C@@H](C1=O)[C@@]1(Cl)C(Cl)=C(Cl)[C@@]2(Cl)C1(Cl)Cl. The van der Waals surface area contributed by atoms with Gasteiger partial charge in [-0.2, -0.15) is 5.06 Å². The molecule has 2 fully saturated rings. The van der Waals surface area contributed by atoms with Gasteiger partial charge in [0.25, 0.3) is 11.8 Å². The minimum Gasteiger partial charge on any atom is -0.272 e. The number of unbranched alkanes of at least 4 members (excludes halogenated alkanes) is 2. The van der Waals surface area contributed by atoms with Gasteiger partial charge in [0.15, 0.2) is 4.33 Å². The van der Waals surface area contributed by atoms with Gasteiger partial charge >= 0.3 is 0 Å². The quantitative estimate of drug-likeness (QED) is 0.347. The fraction of sp³-hybridized carbons (Fsp3) is 0.714. The topological polar surface area (TPSA) is 46.6 Å². The van der Waals surface area contributed by atoms with E-state index >= 15 is 0 Å². The van der Waals surface area contributed by atoms with E-state index in [9.17, 15) is 9.59 Å². The number of hydrogen-bond donors (Lipinski definition) is 0. The molecule has 0 aromatic heterocycles. The molecule has 3 rings (SSSR count). The number of hydroxylamine groups is 2. The highest BCUT2D eigenvalue weighted by Crippen LogP contribution is 2.77. The van der Waals surface area contributed by atoms with Crippen LogP contribution in [0.3, 0.4) is 0 Å². The zero-order valence-electron chi connectivity index (χ0n) is 12.4. The second-order valence-corrected chi connectivity index (χ2v) is 9.37. The number of halogens is 6. The van der Waals surface area contributed by atoms with Crippen LogP contribution in [0.2, 0.25) is 0 Å². The van der Waals surface area contributed by atoms with Gasteiger partial charge in [-0.3, -0.25) is 14.4 Å². The second kappa shape index (κ2) is 6.05. The summed E-state index contributed by atoms with van der Waals surface area (Å²) in [4.78, 5) is 27.2. The van der Waals surface area contributed by atoms with Gasteiger partial charge in [0, 0.05) is 0 Å². The lowest BCUT2D eigenvalue weighted by Gasteiger charge is -2.34. The van der Waals surface area contributed by atoms with Crippen LogP contribution in [-0.2, 0) is 14.4 Å². The molecular formula is C14H13Cl6NO3. The third-order valence-electron chi connectivity index (χ3n) is 4.84. The number of fused-ring (bicyclic) bond motifs is 5. The minimum absolute atomic E-state index is 0.110. The zero-order chi connectivity index (χ0) is 18.1. The van der Waals surface area contributed by atoms with Crippen molar-refractivity contribution >= 4 is 81.4 Å². The maximum absolute atomic E-state index is 12.7. The summed E-state index contributed by atoms with van der Waals surface area (Å²) < 4.78 is -1.91. The Balaban J connectivity index is 1.97. The Morgan fingerprint density at radius 2 is 1.42 bits per heavy atom. The molecule has 3 aliphatic rings. The number of carbonyl (C=O) groups is 2. The van der Waals surface area contributed by atoms with E-state index in [1.807, 2.05) is 6.92 Å². The number of nitrogens with zero attached hydrogens (tertiary/aromatic N) is 1. The molecule has 0 unspecified atom stereocenters. The van der Waals surface area contributed by atoms with Crippen LogP contribution < -0.4 is 0 Å². The maximum Gasteiger partial charge on any atom is 0.259 e. The molecule has 4 atom stereocenters. The highest BCUT2D eigenvalue weighted by molar-refractivity contribution is 6.66. The van der Waals surface area contributed by atoms with Crippen LogP contribution in [0.5, 0.6) is 0 Å². The molecule has 0 radical (unpaired) electrons. The first-order valence-corrected chi connectivity index (χ1v) is 9.67. The Labute approximate surface area is 169 Å². The van der Waals surface area contributed by atoms with Crippen molar-refractivity contribution in [3.63, 3.8) is 0 Å². The van der Waals surface area contributed by atoms with Gasteiger partial charge in [-0.15, -0.1) is 23.2 Å². The molecular weight excluding hydrogens is 443 g/mol. The minimum atomic E-state index is -1.91. The normalized spacial score (nSPS) is 40.0. The number of carbonyl (C=O) groups excluding carboxylic acids is 2. The van der Waals surface area contributed by atoms with Gasteiger partial charge < -0.3 is 0 Å². The third-order valence-corrected chi connectivity index (χ3v) is 9.10. The maximum atomic E-state index is 12.7. The second-order valence-electron chi connectivity index (χ2n) is 6.09. The van der Waals surface area contributed by atoms with Gasteiger partial charge in [-0.1, -0.05) is 66.2 Å². The van der Waals surface area contributed by atoms with Crippen LogP contribution in [0.1, 0.15) is 26.2 Å². The van der Waals surface area contributed by atoms with Crippen LogP contribution in [-0.4, -0.2) is 37.6 Å². The number of alkyl halides is 4. The summed E-state index contributed by atoms with van der Waals surface area (Å²) in [5.41, 5.74) is 0. The number of allylic oxidation sites excluding steroid dienone is 2. The van der Waals surface area contributed by atoms with Crippen LogP contribution in [0.25, 0.3) is 0 Å². The van der Waals surface area contributed by atoms with Gasteiger partial charge in [0.05, 0.1) is 28.5 Å². The van der Waals surface area contributed by atoms with Crippen LogP contribution in [0.15, 0.2) is 10.1 Å². The van der Waals surface area contributed by atoms with E-state index in [1.54, 1.807) is 0 Å². The Hall–Kier alpha value is 0.580. The highest BCUT2D eigenvalue weighted by Gasteiger charge is 2.87. The molecule has 10 heteroatoms. The van der Waals surface area contributed by atoms with E-state index in [1.165, 1.54) is 0 Å².